The van der Waals surface area contributed by atoms with Crippen molar-refractivity contribution in [1.29, 1.82) is 0 Å². The molecule has 0 atom stereocenters. The molecule has 1 nitrogen and oxygen atoms in total. The van der Waals surface area contributed by atoms with Crippen LogP contribution in [0.2, 0.25) is 0 Å². The maximum atomic E-state index is 5.51. The maximum Gasteiger partial charge on any atom is 0.119 e. The van der Waals surface area contributed by atoms with Crippen molar-refractivity contribution in [3.63, 3.8) is 0 Å². The molecular formula is C10H13ClO. The maximum absolute atomic E-state index is 5.51. The summed E-state index contributed by atoms with van der Waals surface area (Å²) in [5.74, 6) is 1.45. The summed E-state index contributed by atoms with van der Waals surface area (Å²) in [7, 11) is 0. The van der Waals surface area contributed by atoms with Crippen molar-refractivity contribution in [3.8, 4) is 5.75 Å². The molecule has 0 heterocycles. The van der Waals surface area contributed by atoms with Crippen LogP contribution in [0, 0.1) is 13.8 Å². The Balaban J connectivity index is 2.72. The van der Waals surface area contributed by atoms with Crippen molar-refractivity contribution in [3.05, 3.63) is 29.3 Å². The minimum atomic E-state index is 0.535. The number of alkyl halides is 1. The molecule has 0 bridgehead atoms. The van der Waals surface area contributed by atoms with Crippen molar-refractivity contribution in [1.82, 2.24) is 0 Å². The van der Waals surface area contributed by atoms with Gasteiger partial charge in [0.15, 0.2) is 0 Å². The van der Waals surface area contributed by atoms with Crippen molar-refractivity contribution in [2.45, 2.75) is 13.8 Å². The highest BCUT2D eigenvalue weighted by molar-refractivity contribution is 6.17. The van der Waals surface area contributed by atoms with E-state index in [1.165, 1.54) is 11.1 Å². The first kappa shape index (κ1) is 9.40. The first-order valence-corrected chi connectivity index (χ1v) is 4.53. The second-order valence-electron chi connectivity index (χ2n) is 2.86. The zero-order valence-corrected chi connectivity index (χ0v) is 8.19. The number of aryl methyl sites for hydroxylation is 2. The molecule has 12 heavy (non-hydrogen) atoms. The number of ether oxygens (including phenoxy) is 1. The van der Waals surface area contributed by atoms with Crippen LogP contribution in [-0.2, 0) is 0 Å². The Morgan fingerprint density at radius 3 is 2.25 bits per heavy atom. The molecule has 0 aromatic heterocycles. The number of rotatable bonds is 3. The van der Waals surface area contributed by atoms with Crippen LogP contribution in [0.5, 0.6) is 5.75 Å². The molecule has 0 fully saturated rings. The molecule has 1 aromatic rings. The van der Waals surface area contributed by atoms with E-state index in [-0.39, 0.29) is 0 Å². The lowest BCUT2D eigenvalue weighted by molar-refractivity contribution is 0.342. The molecule has 2 heteroatoms. The monoisotopic (exact) mass is 184 g/mol. The van der Waals surface area contributed by atoms with Gasteiger partial charge >= 0.3 is 0 Å². The van der Waals surface area contributed by atoms with E-state index in [1.54, 1.807) is 0 Å². The zero-order valence-electron chi connectivity index (χ0n) is 7.43. The summed E-state index contributed by atoms with van der Waals surface area (Å²) in [5, 5.41) is 0. The van der Waals surface area contributed by atoms with Gasteiger partial charge in [0.05, 0.1) is 5.88 Å². The second-order valence-corrected chi connectivity index (χ2v) is 3.24. The average molecular weight is 185 g/mol. The molecule has 0 saturated carbocycles. The molecule has 0 N–H and O–H groups in total. The summed E-state index contributed by atoms with van der Waals surface area (Å²) in [5.41, 5.74) is 2.44. The van der Waals surface area contributed by atoms with Crippen LogP contribution < -0.4 is 4.74 Å². The first-order valence-electron chi connectivity index (χ1n) is 3.99. The lowest BCUT2D eigenvalue weighted by atomic mass is 10.1. The van der Waals surface area contributed by atoms with Gasteiger partial charge in [0.25, 0.3) is 0 Å². The number of hydrogen-bond donors (Lipinski definition) is 0. The highest BCUT2D eigenvalue weighted by Gasteiger charge is 1.95. The van der Waals surface area contributed by atoms with E-state index in [0.29, 0.717) is 12.5 Å². The van der Waals surface area contributed by atoms with E-state index >= 15 is 0 Å². The molecule has 0 amide bonds. The fourth-order valence-electron chi connectivity index (χ4n) is 1.17. The third kappa shape index (κ3) is 2.74. The Morgan fingerprint density at radius 2 is 1.75 bits per heavy atom. The smallest absolute Gasteiger partial charge is 0.119 e. The van der Waals surface area contributed by atoms with Gasteiger partial charge in [0, 0.05) is 0 Å². The number of benzene rings is 1. The quantitative estimate of drug-likeness (QED) is 0.657. The summed E-state index contributed by atoms with van der Waals surface area (Å²) in [6, 6.07) is 6.15. The van der Waals surface area contributed by atoms with Gasteiger partial charge < -0.3 is 4.74 Å². The normalized spacial score (nSPS) is 9.92. The molecule has 0 aliphatic carbocycles. The molecule has 0 radical (unpaired) electrons. The van der Waals surface area contributed by atoms with Gasteiger partial charge in [-0.3, -0.25) is 0 Å². The van der Waals surface area contributed by atoms with Gasteiger partial charge in [-0.15, -0.1) is 11.6 Å². The van der Waals surface area contributed by atoms with Gasteiger partial charge in [-0.25, -0.2) is 0 Å². The van der Waals surface area contributed by atoms with Crippen LogP contribution >= 0.6 is 11.6 Å². The number of hydrogen-bond acceptors (Lipinski definition) is 1. The van der Waals surface area contributed by atoms with Crippen molar-refractivity contribution in [2.75, 3.05) is 12.5 Å². The van der Waals surface area contributed by atoms with E-state index in [0.717, 1.165) is 5.75 Å². The fraction of sp³-hybridized carbons (Fsp3) is 0.400. The van der Waals surface area contributed by atoms with Crippen LogP contribution in [0.25, 0.3) is 0 Å². The van der Waals surface area contributed by atoms with E-state index in [9.17, 15) is 0 Å². The zero-order chi connectivity index (χ0) is 8.97. The minimum absolute atomic E-state index is 0.535. The summed E-state index contributed by atoms with van der Waals surface area (Å²) in [6.07, 6.45) is 0. The largest absolute Gasteiger partial charge is 0.492 e. The van der Waals surface area contributed by atoms with Crippen LogP contribution in [0.3, 0.4) is 0 Å². The van der Waals surface area contributed by atoms with Crippen LogP contribution in [0.4, 0.5) is 0 Å². The summed E-state index contributed by atoms with van der Waals surface area (Å²) in [4.78, 5) is 0. The Kier molecular flexibility index (Phi) is 3.42. The van der Waals surface area contributed by atoms with Gasteiger partial charge in [-0.2, -0.15) is 0 Å². The molecule has 0 aliphatic heterocycles. The summed E-state index contributed by atoms with van der Waals surface area (Å²) < 4.78 is 5.38. The number of halogens is 1. The van der Waals surface area contributed by atoms with E-state index in [1.807, 2.05) is 12.1 Å². The van der Waals surface area contributed by atoms with E-state index in [2.05, 4.69) is 19.9 Å². The fourth-order valence-corrected chi connectivity index (χ4v) is 1.25. The first-order chi connectivity index (χ1) is 5.72. The molecule has 1 aromatic carbocycles. The van der Waals surface area contributed by atoms with Gasteiger partial charge in [-0.1, -0.05) is 6.07 Å². The van der Waals surface area contributed by atoms with E-state index < -0.39 is 0 Å². The second kappa shape index (κ2) is 4.36. The van der Waals surface area contributed by atoms with Crippen LogP contribution in [-0.4, -0.2) is 12.5 Å². The van der Waals surface area contributed by atoms with Crippen molar-refractivity contribution >= 4 is 11.6 Å². The highest BCUT2D eigenvalue weighted by Crippen LogP contribution is 2.15. The molecule has 0 aliphatic rings. The Bertz CT molecular complexity index is 238. The van der Waals surface area contributed by atoms with Crippen molar-refractivity contribution in [2.24, 2.45) is 0 Å². The molecular weight excluding hydrogens is 172 g/mol. The van der Waals surface area contributed by atoms with Crippen LogP contribution in [0.1, 0.15) is 11.1 Å². The predicted molar refractivity (Wildman–Crippen MR) is 52.1 cm³/mol. The SMILES string of the molecule is Cc1cc(C)cc(OCCCl)c1. The highest BCUT2D eigenvalue weighted by atomic mass is 35.5. The van der Waals surface area contributed by atoms with E-state index in [4.69, 9.17) is 16.3 Å². The molecule has 66 valence electrons. The Hall–Kier alpha value is -0.690. The van der Waals surface area contributed by atoms with Crippen molar-refractivity contribution < 1.29 is 4.74 Å². The molecule has 0 saturated heterocycles. The molecule has 0 spiro atoms. The topological polar surface area (TPSA) is 9.23 Å². The molecule has 1 rings (SSSR count). The third-order valence-electron chi connectivity index (χ3n) is 1.54. The summed E-state index contributed by atoms with van der Waals surface area (Å²) >= 11 is 5.51. The summed E-state index contributed by atoms with van der Waals surface area (Å²) in [6.45, 7) is 4.69. The Labute approximate surface area is 78.3 Å². The standard InChI is InChI=1S/C10H13ClO/c1-8-5-9(2)7-10(6-8)12-4-3-11/h5-7H,3-4H2,1-2H3. The minimum Gasteiger partial charge on any atom is -0.492 e. The average Bonchev–Trinajstić information content (AvgIpc) is 1.99. The third-order valence-corrected chi connectivity index (χ3v) is 1.70. The van der Waals surface area contributed by atoms with Gasteiger partial charge in [0.1, 0.15) is 12.4 Å². The lowest BCUT2D eigenvalue weighted by Crippen LogP contribution is -1.98. The van der Waals surface area contributed by atoms with Gasteiger partial charge in [-0.05, 0) is 37.1 Å². The lowest BCUT2D eigenvalue weighted by Gasteiger charge is -2.05. The predicted octanol–water partition coefficient (Wildman–Crippen LogP) is 2.92. The van der Waals surface area contributed by atoms with Gasteiger partial charge in [0.2, 0.25) is 0 Å². The molecule has 0 unspecified atom stereocenters. The Morgan fingerprint density at radius 1 is 1.17 bits per heavy atom. The van der Waals surface area contributed by atoms with Crippen LogP contribution in [0.15, 0.2) is 18.2 Å².